The first-order valence-electron chi connectivity index (χ1n) is 9.46. The molecule has 0 radical (unpaired) electrons. The summed E-state index contributed by atoms with van der Waals surface area (Å²) in [6.45, 7) is 7.65. The molecule has 2 aromatic carbocycles. The summed E-state index contributed by atoms with van der Waals surface area (Å²) >= 11 is 0. The second-order valence-corrected chi connectivity index (χ2v) is 8.06. The molecule has 2 N–H and O–H groups in total. The summed E-state index contributed by atoms with van der Waals surface area (Å²) in [7, 11) is 0. The zero-order valence-electron chi connectivity index (χ0n) is 17.0. The fourth-order valence-corrected chi connectivity index (χ4v) is 3.03. The van der Waals surface area contributed by atoms with Crippen molar-refractivity contribution >= 4 is 17.6 Å². The van der Waals surface area contributed by atoms with E-state index >= 15 is 0 Å². The number of hydrogen-bond acceptors (Lipinski definition) is 3. The Morgan fingerprint density at radius 3 is 2.38 bits per heavy atom. The lowest BCUT2D eigenvalue weighted by Crippen LogP contribution is -2.20. The lowest BCUT2D eigenvalue weighted by molar-refractivity contribution is -0.138. The highest BCUT2D eigenvalue weighted by Gasteiger charge is 2.27. The van der Waals surface area contributed by atoms with Crippen LogP contribution in [0.1, 0.15) is 55.2 Å². The summed E-state index contributed by atoms with van der Waals surface area (Å²) in [6.07, 6.45) is 1.73. The number of aromatic nitrogens is 2. The van der Waals surface area contributed by atoms with Gasteiger partial charge in [0, 0.05) is 17.3 Å². The van der Waals surface area contributed by atoms with Gasteiger partial charge in [-0.2, -0.15) is 5.10 Å². The van der Waals surface area contributed by atoms with Gasteiger partial charge >= 0.3 is 5.97 Å². The van der Waals surface area contributed by atoms with Gasteiger partial charge in [0.05, 0.1) is 22.9 Å². The van der Waals surface area contributed by atoms with E-state index in [1.54, 1.807) is 42.1 Å². The zero-order chi connectivity index (χ0) is 21.2. The van der Waals surface area contributed by atoms with Gasteiger partial charge in [-0.05, 0) is 36.8 Å². The number of aliphatic carboxylic acids is 1. The van der Waals surface area contributed by atoms with Crippen molar-refractivity contribution in [2.45, 2.75) is 39.0 Å². The second-order valence-electron chi connectivity index (χ2n) is 8.06. The predicted molar refractivity (Wildman–Crippen MR) is 113 cm³/mol. The number of nitrogens with zero attached hydrogens (tertiary/aromatic N) is 2. The first-order valence-corrected chi connectivity index (χ1v) is 9.46. The van der Waals surface area contributed by atoms with Crippen LogP contribution in [0.5, 0.6) is 0 Å². The number of nitrogens with one attached hydrogen (secondary N) is 1. The summed E-state index contributed by atoms with van der Waals surface area (Å²) in [4.78, 5) is 24.3. The molecule has 0 saturated carbocycles. The first-order chi connectivity index (χ1) is 13.7. The van der Waals surface area contributed by atoms with Gasteiger partial charge in [-0.15, -0.1) is 0 Å². The van der Waals surface area contributed by atoms with E-state index in [1.807, 2.05) is 51.1 Å². The Labute approximate surface area is 170 Å². The van der Waals surface area contributed by atoms with Crippen molar-refractivity contribution in [1.29, 1.82) is 0 Å². The van der Waals surface area contributed by atoms with Crippen LogP contribution in [-0.4, -0.2) is 26.8 Å². The smallest absolute Gasteiger partial charge is 0.310 e. The number of carboxylic acid groups (broad SMARTS) is 1. The number of benzene rings is 2. The highest BCUT2D eigenvalue weighted by Crippen LogP contribution is 2.27. The Kier molecular flexibility index (Phi) is 5.55. The molecule has 1 atom stereocenters. The SMILES string of the molecule is CC(C(=O)O)c1cccc(NC(=O)c2cn(-c3ccccc3)nc2C(C)(C)C)c1. The Morgan fingerprint density at radius 2 is 1.76 bits per heavy atom. The third-order valence-electron chi connectivity index (χ3n) is 4.70. The van der Waals surface area contributed by atoms with Gasteiger partial charge in [-0.1, -0.05) is 51.1 Å². The van der Waals surface area contributed by atoms with Crippen molar-refractivity contribution in [3.8, 4) is 5.69 Å². The van der Waals surface area contributed by atoms with E-state index in [1.165, 1.54) is 0 Å². The number of carboxylic acids is 1. The van der Waals surface area contributed by atoms with Gasteiger partial charge in [0.25, 0.3) is 5.91 Å². The van der Waals surface area contributed by atoms with Gasteiger partial charge in [-0.3, -0.25) is 9.59 Å². The maximum Gasteiger partial charge on any atom is 0.310 e. The van der Waals surface area contributed by atoms with Crippen LogP contribution >= 0.6 is 0 Å². The van der Waals surface area contributed by atoms with Gasteiger partial charge in [-0.25, -0.2) is 4.68 Å². The molecule has 0 aliphatic rings. The van der Waals surface area contributed by atoms with Gasteiger partial charge < -0.3 is 10.4 Å². The van der Waals surface area contributed by atoms with Crippen molar-refractivity contribution in [2.24, 2.45) is 0 Å². The minimum Gasteiger partial charge on any atom is -0.481 e. The quantitative estimate of drug-likeness (QED) is 0.665. The molecule has 1 heterocycles. The van der Waals surface area contributed by atoms with E-state index in [2.05, 4.69) is 10.4 Å². The summed E-state index contributed by atoms with van der Waals surface area (Å²) in [5.41, 5.74) is 2.90. The number of rotatable bonds is 5. The molecule has 1 aromatic heterocycles. The minimum atomic E-state index is -0.910. The molecule has 1 amide bonds. The van der Waals surface area contributed by atoms with Crippen LogP contribution in [0.2, 0.25) is 0 Å². The van der Waals surface area contributed by atoms with Crippen LogP contribution in [0, 0.1) is 0 Å². The highest BCUT2D eigenvalue weighted by atomic mass is 16.4. The highest BCUT2D eigenvalue weighted by molar-refractivity contribution is 6.05. The largest absolute Gasteiger partial charge is 0.481 e. The molecular weight excluding hydrogens is 366 g/mol. The number of anilines is 1. The Balaban J connectivity index is 1.94. The van der Waals surface area contributed by atoms with E-state index in [0.717, 1.165) is 5.69 Å². The van der Waals surface area contributed by atoms with Gasteiger partial charge in [0.15, 0.2) is 0 Å². The maximum atomic E-state index is 13.1. The van der Waals surface area contributed by atoms with Gasteiger partial charge in [0.2, 0.25) is 0 Å². The summed E-state index contributed by atoms with van der Waals surface area (Å²) in [6, 6.07) is 16.5. The van der Waals surface area contributed by atoms with Gasteiger partial charge in [0.1, 0.15) is 0 Å². The number of carbonyl (C=O) groups excluding carboxylic acids is 1. The topological polar surface area (TPSA) is 84.2 Å². The zero-order valence-corrected chi connectivity index (χ0v) is 17.0. The molecule has 1 unspecified atom stereocenters. The minimum absolute atomic E-state index is 0.280. The standard InChI is InChI=1S/C23H25N3O3/c1-15(22(28)29)16-9-8-10-17(13-16)24-21(27)19-14-26(18-11-6-5-7-12-18)25-20(19)23(2,3)4/h5-15H,1-4H3,(H,24,27)(H,28,29). The van der Waals surface area contributed by atoms with E-state index in [4.69, 9.17) is 0 Å². The molecule has 0 fully saturated rings. The Bertz CT molecular complexity index is 1030. The molecule has 6 heteroatoms. The first kappa shape index (κ1) is 20.3. The predicted octanol–water partition coefficient (Wildman–Crippen LogP) is 4.61. The van der Waals surface area contributed by atoms with Crippen LogP contribution in [0.25, 0.3) is 5.69 Å². The molecule has 0 aliphatic heterocycles. The van der Waals surface area contributed by atoms with Crippen LogP contribution in [0.3, 0.4) is 0 Å². The third-order valence-corrected chi connectivity index (χ3v) is 4.70. The fourth-order valence-electron chi connectivity index (χ4n) is 3.03. The lowest BCUT2D eigenvalue weighted by atomic mass is 9.89. The van der Waals surface area contributed by atoms with Crippen molar-refractivity contribution in [3.05, 3.63) is 77.6 Å². The van der Waals surface area contributed by atoms with Crippen molar-refractivity contribution in [3.63, 3.8) is 0 Å². The average Bonchev–Trinajstić information content (AvgIpc) is 3.14. The Morgan fingerprint density at radius 1 is 1.07 bits per heavy atom. The number of amides is 1. The van der Waals surface area contributed by atoms with Crippen LogP contribution in [-0.2, 0) is 10.2 Å². The maximum absolute atomic E-state index is 13.1. The molecule has 0 aliphatic carbocycles. The molecule has 3 rings (SSSR count). The van der Waals surface area contributed by atoms with Crippen molar-refractivity contribution < 1.29 is 14.7 Å². The molecule has 150 valence electrons. The van der Waals surface area contributed by atoms with Crippen molar-refractivity contribution in [1.82, 2.24) is 9.78 Å². The molecule has 0 bridgehead atoms. The van der Waals surface area contributed by atoms with E-state index in [0.29, 0.717) is 22.5 Å². The lowest BCUT2D eigenvalue weighted by Gasteiger charge is -2.17. The summed E-state index contributed by atoms with van der Waals surface area (Å²) < 4.78 is 1.71. The van der Waals surface area contributed by atoms with Crippen LogP contribution in [0.15, 0.2) is 60.8 Å². The molecule has 6 nitrogen and oxygen atoms in total. The molecule has 29 heavy (non-hydrogen) atoms. The molecule has 0 spiro atoms. The second kappa shape index (κ2) is 7.91. The molecule has 3 aromatic rings. The van der Waals surface area contributed by atoms with E-state index in [-0.39, 0.29) is 11.3 Å². The van der Waals surface area contributed by atoms with Crippen LogP contribution < -0.4 is 5.32 Å². The molecular formula is C23H25N3O3. The van der Waals surface area contributed by atoms with E-state index < -0.39 is 11.9 Å². The van der Waals surface area contributed by atoms with E-state index in [9.17, 15) is 14.7 Å². The average molecular weight is 391 g/mol. The third kappa shape index (κ3) is 4.54. The number of para-hydroxylation sites is 1. The Hall–Kier alpha value is -3.41. The van der Waals surface area contributed by atoms with Crippen molar-refractivity contribution in [2.75, 3.05) is 5.32 Å². The normalized spacial score (nSPS) is 12.4. The fraction of sp³-hybridized carbons (Fsp3) is 0.261. The number of hydrogen-bond donors (Lipinski definition) is 2. The monoisotopic (exact) mass is 391 g/mol. The summed E-state index contributed by atoms with van der Waals surface area (Å²) in [5, 5.41) is 16.8. The number of carbonyl (C=O) groups is 2. The van der Waals surface area contributed by atoms with Crippen LogP contribution in [0.4, 0.5) is 5.69 Å². The summed E-state index contributed by atoms with van der Waals surface area (Å²) in [5.74, 6) is -1.84. The molecule has 0 saturated heterocycles.